The Morgan fingerprint density at radius 1 is 0.868 bits per heavy atom. The van der Waals surface area contributed by atoms with Crippen LogP contribution in [0.3, 0.4) is 0 Å². The number of nitrogens with zero attached hydrogens (tertiary/aromatic N) is 1. The van der Waals surface area contributed by atoms with Gasteiger partial charge in [0.15, 0.2) is 0 Å². The van der Waals surface area contributed by atoms with Gasteiger partial charge in [-0.2, -0.15) is 0 Å². The van der Waals surface area contributed by atoms with Gasteiger partial charge in [-0.05, 0) is 68.4 Å². The number of amides is 3. The first-order chi connectivity index (χ1) is 18.1. The normalized spacial score (nSPS) is 13.3. The van der Waals surface area contributed by atoms with Gasteiger partial charge in [0.2, 0.25) is 0 Å². The maximum atomic E-state index is 13.1. The van der Waals surface area contributed by atoms with Crippen molar-refractivity contribution < 1.29 is 23.9 Å². The Labute approximate surface area is 233 Å². The molecule has 1 aliphatic rings. The summed E-state index contributed by atoms with van der Waals surface area (Å²) in [6, 6.07) is 17.0. The van der Waals surface area contributed by atoms with Crippen LogP contribution in [0.4, 0.5) is 17.1 Å². The van der Waals surface area contributed by atoms with Crippen LogP contribution in [0.1, 0.15) is 34.6 Å². The molecule has 0 aliphatic carbocycles. The van der Waals surface area contributed by atoms with Crippen molar-refractivity contribution in [2.45, 2.75) is 20.0 Å². The molecule has 4 rings (SSSR count). The second kappa shape index (κ2) is 11.3. The summed E-state index contributed by atoms with van der Waals surface area (Å²) in [6.07, 6.45) is -0.333. The van der Waals surface area contributed by atoms with Gasteiger partial charge < -0.3 is 15.4 Å². The van der Waals surface area contributed by atoms with E-state index in [2.05, 4.69) is 10.6 Å². The Morgan fingerprint density at radius 3 is 2.24 bits per heavy atom. The van der Waals surface area contributed by atoms with Crippen LogP contribution in [0.25, 0.3) is 0 Å². The number of benzene rings is 3. The highest BCUT2D eigenvalue weighted by Gasteiger charge is 2.39. The maximum absolute atomic E-state index is 13.1. The van der Waals surface area contributed by atoms with E-state index in [1.54, 1.807) is 44.2 Å². The summed E-state index contributed by atoms with van der Waals surface area (Å²) in [5.74, 6) is -2.46. The van der Waals surface area contributed by atoms with E-state index < -0.39 is 23.7 Å². The molecule has 3 aromatic rings. The van der Waals surface area contributed by atoms with E-state index >= 15 is 0 Å². The lowest BCUT2D eigenvalue weighted by Gasteiger charge is -2.16. The number of nitrogens with one attached hydrogen (secondary N) is 2. The topological polar surface area (TPSA) is 105 Å². The first kappa shape index (κ1) is 27.2. The second-order valence-corrected chi connectivity index (χ2v) is 9.56. The molecule has 3 aromatic carbocycles. The number of anilines is 3. The number of ether oxygens (including phenoxy) is 1. The van der Waals surface area contributed by atoms with Crippen molar-refractivity contribution in [3.05, 3.63) is 98.6 Å². The van der Waals surface area contributed by atoms with Gasteiger partial charge in [0, 0.05) is 11.3 Å². The third-order valence-corrected chi connectivity index (χ3v) is 6.50. The summed E-state index contributed by atoms with van der Waals surface area (Å²) in [7, 11) is 0. The van der Waals surface area contributed by atoms with E-state index in [0.717, 1.165) is 4.90 Å². The number of halogens is 3. The van der Waals surface area contributed by atoms with Crippen molar-refractivity contribution in [1.29, 1.82) is 0 Å². The molecule has 38 heavy (non-hydrogen) atoms. The largest absolute Gasteiger partial charge is 0.459 e. The fraction of sp³-hybridized carbons (Fsp3) is 0.111. The van der Waals surface area contributed by atoms with Crippen LogP contribution in [0, 0.1) is 0 Å². The lowest BCUT2D eigenvalue weighted by Crippen LogP contribution is -2.32. The minimum atomic E-state index is -0.747. The average Bonchev–Trinajstić information content (AvgIpc) is 3.09. The van der Waals surface area contributed by atoms with Crippen LogP contribution in [-0.4, -0.2) is 29.8 Å². The number of esters is 1. The Hall–Kier alpha value is -3.85. The highest BCUT2D eigenvalue weighted by Crippen LogP contribution is 2.32. The summed E-state index contributed by atoms with van der Waals surface area (Å²) in [5, 5.41) is 5.73. The van der Waals surface area contributed by atoms with Crippen LogP contribution in [-0.2, 0) is 14.3 Å². The molecule has 0 saturated heterocycles. The van der Waals surface area contributed by atoms with Gasteiger partial charge in [0.25, 0.3) is 17.7 Å². The molecule has 0 unspecified atom stereocenters. The zero-order valence-electron chi connectivity index (χ0n) is 20.1. The lowest BCUT2D eigenvalue weighted by molar-refractivity contribution is -0.120. The predicted molar refractivity (Wildman–Crippen MR) is 147 cm³/mol. The summed E-state index contributed by atoms with van der Waals surface area (Å²) >= 11 is 18.3. The molecule has 8 nitrogen and oxygen atoms in total. The molecule has 0 atom stereocenters. The van der Waals surface area contributed by atoms with Crippen molar-refractivity contribution in [3.8, 4) is 0 Å². The highest BCUT2D eigenvalue weighted by molar-refractivity contribution is 6.53. The van der Waals surface area contributed by atoms with Gasteiger partial charge in [0.05, 0.1) is 33.1 Å². The van der Waals surface area contributed by atoms with Crippen molar-refractivity contribution in [2.75, 3.05) is 15.5 Å². The fourth-order valence-electron chi connectivity index (χ4n) is 3.54. The van der Waals surface area contributed by atoms with Crippen LogP contribution >= 0.6 is 34.8 Å². The third kappa shape index (κ3) is 5.67. The van der Waals surface area contributed by atoms with E-state index in [-0.39, 0.29) is 33.1 Å². The zero-order valence-corrected chi connectivity index (χ0v) is 22.3. The summed E-state index contributed by atoms with van der Waals surface area (Å²) in [4.78, 5) is 51.7. The predicted octanol–water partition coefficient (Wildman–Crippen LogP) is 6.25. The van der Waals surface area contributed by atoms with Crippen molar-refractivity contribution in [2.24, 2.45) is 0 Å². The molecule has 1 aliphatic heterocycles. The molecular formula is C27H20Cl3N3O5. The molecule has 0 fully saturated rings. The minimum absolute atomic E-state index is 0.144. The van der Waals surface area contributed by atoms with Gasteiger partial charge in [-0.25, -0.2) is 9.69 Å². The minimum Gasteiger partial charge on any atom is -0.459 e. The van der Waals surface area contributed by atoms with Gasteiger partial charge in [0.1, 0.15) is 10.7 Å². The molecule has 3 amide bonds. The van der Waals surface area contributed by atoms with Crippen LogP contribution in [0.15, 0.2) is 77.5 Å². The van der Waals surface area contributed by atoms with E-state index in [0.29, 0.717) is 22.0 Å². The molecule has 0 radical (unpaired) electrons. The Bertz CT molecular complexity index is 1490. The Kier molecular flexibility index (Phi) is 8.06. The molecule has 0 saturated carbocycles. The summed E-state index contributed by atoms with van der Waals surface area (Å²) in [5.41, 5.74) is 1.29. The number of hydrogen-bond acceptors (Lipinski definition) is 6. The Morgan fingerprint density at radius 2 is 1.55 bits per heavy atom. The van der Waals surface area contributed by atoms with Crippen molar-refractivity contribution in [3.63, 3.8) is 0 Å². The van der Waals surface area contributed by atoms with E-state index in [1.807, 2.05) is 0 Å². The smallest absolute Gasteiger partial charge is 0.338 e. The van der Waals surface area contributed by atoms with Crippen LogP contribution in [0.5, 0.6) is 0 Å². The molecule has 1 heterocycles. The maximum Gasteiger partial charge on any atom is 0.338 e. The molecule has 194 valence electrons. The molecule has 0 bridgehead atoms. The zero-order chi connectivity index (χ0) is 27.6. The quantitative estimate of drug-likeness (QED) is 0.256. The van der Waals surface area contributed by atoms with Gasteiger partial charge >= 0.3 is 5.97 Å². The first-order valence-electron chi connectivity index (χ1n) is 11.3. The van der Waals surface area contributed by atoms with Gasteiger partial charge in [-0.3, -0.25) is 14.4 Å². The van der Waals surface area contributed by atoms with E-state index in [4.69, 9.17) is 39.5 Å². The SMILES string of the molecule is CC(C)OC(=O)c1cccc(N2C(=O)C(Cl)=C(Nc3ccc(C(=O)Nc4cccc(Cl)c4Cl)cc3)C2=O)c1. The van der Waals surface area contributed by atoms with E-state index in [9.17, 15) is 19.2 Å². The number of imide groups is 1. The standard InChI is InChI=1S/C27H20Cl3N3O5/c1-14(2)38-27(37)16-5-3-6-18(13-16)33-25(35)22(30)23(26(33)36)31-17-11-9-15(10-12-17)24(34)32-20-8-4-7-19(28)21(20)29/h3-14,31H,1-2H3,(H,32,34). The number of carbonyl (C=O) groups excluding carboxylic acids is 4. The average molecular weight is 573 g/mol. The van der Waals surface area contributed by atoms with Crippen molar-refractivity contribution >= 4 is 75.6 Å². The molecule has 0 spiro atoms. The number of hydrogen-bond donors (Lipinski definition) is 2. The first-order valence-corrected chi connectivity index (χ1v) is 12.4. The molecular weight excluding hydrogens is 553 g/mol. The monoisotopic (exact) mass is 571 g/mol. The number of rotatable bonds is 7. The molecule has 0 aromatic heterocycles. The highest BCUT2D eigenvalue weighted by atomic mass is 35.5. The van der Waals surface area contributed by atoms with Gasteiger partial charge in [-0.15, -0.1) is 0 Å². The third-order valence-electron chi connectivity index (χ3n) is 5.33. The summed E-state index contributed by atoms with van der Waals surface area (Å²) < 4.78 is 5.18. The van der Waals surface area contributed by atoms with Gasteiger partial charge in [-0.1, -0.05) is 46.9 Å². The van der Waals surface area contributed by atoms with Crippen LogP contribution in [0.2, 0.25) is 10.0 Å². The Balaban J connectivity index is 1.48. The molecule has 11 heteroatoms. The van der Waals surface area contributed by atoms with Crippen molar-refractivity contribution in [1.82, 2.24) is 0 Å². The lowest BCUT2D eigenvalue weighted by atomic mass is 10.1. The van der Waals surface area contributed by atoms with Crippen LogP contribution < -0.4 is 15.5 Å². The fourth-order valence-corrected chi connectivity index (χ4v) is 4.10. The number of carbonyl (C=O) groups is 4. The second-order valence-electron chi connectivity index (χ2n) is 8.40. The van der Waals surface area contributed by atoms with E-state index in [1.165, 1.54) is 36.4 Å². The summed E-state index contributed by atoms with van der Waals surface area (Å²) in [6.45, 7) is 3.43. The molecule has 2 N–H and O–H groups in total.